The molecule has 2 amide bonds. The van der Waals surface area contributed by atoms with Crippen molar-refractivity contribution < 1.29 is 9.59 Å². The van der Waals surface area contributed by atoms with E-state index in [0.29, 0.717) is 12.8 Å². The van der Waals surface area contributed by atoms with Gasteiger partial charge in [-0.2, -0.15) is 0 Å². The van der Waals surface area contributed by atoms with Gasteiger partial charge in [0, 0.05) is 18.3 Å². The zero-order chi connectivity index (χ0) is 9.68. The monoisotopic (exact) mass is 182 g/mol. The molecule has 0 spiro atoms. The summed E-state index contributed by atoms with van der Waals surface area (Å²) in [7, 11) is 0. The summed E-state index contributed by atoms with van der Waals surface area (Å²) in [4.78, 5) is 27.5. The Bertz CT molecular complexity index is 283. The fourth-order valence-electron chi connectivity index (χ4n) is 0.940. The third-order valence-electron chi connectivity index (χ3n) is 1.59. The molecule has 6 heteroatoms. The van der Waals surface area contributed by atoms with Crippen molar-refractivity contribution in [3.05, 3.63) is 18.2 Å². The Labute approximate surface area is 74.5 Å². The van der Waals surface area contributed by atoms with E-state index in [2.05, 4.69) is 15.3 Å². The van der Waals surface area contributed by atoms with Crippen LogP contribution in [0, 0.1) is 0 Å². The van der Waals surface area contributed by atoms with Crippen molar-refractivity contribution in [3.8, 4) is 0 Å². The van der Waals surface area contributed by atoms with Crippen molar-refractivity contribution >= 4 is 12.3 Å². The lowest BCUT2D eigenvalue weighted by Gasteiger charge is -2.09. The van der Waals surface area contributed by atoms with E-state index in [9.17, 15) is 9.59 Å². The Morgan fingerprint density at radius 1 is 1.85 bits per heavy atom. The Morgan fingerprint density at radius 3 is 3.08 bits per heavy atom. The third kappa shape index (κ3) is 2.58. The summed E-state index contributed by atoms with van der Waals surface area (Å²) in [5.41, 5.74) is 5.79. The number of aromatic nitrogens is 2. The molecular formula is C7H10N4O2. The first-order valence-corrected chi connectivity index (χ1v) is 3.70. The molecule has 1 aromatic heterocycles. The highest BCUT2D eigenvalue weighted by molar-refractivity contribution is 5.82. The van der Waals surface area contributed by atoms with E-state index in [0.717, 1.165) is 5.69 Å². The highest BCUT2D eigenvalue weighted by atomic mass is 16.2. The largest absolute Gasteiger partial charge is 0.368 e. The molecule has 0 aliphatic heterocycles. The Kier molecular flexibility index (Phi) is 3.02. The van der Waals surface area contributed by atoms with Gasteiger partial charge < -0.3 is 16.0 Å². The lowest BCUT2D eigenvalue weighted by molar-refractivity contribution is -0.122. The van der Waals surface area contributed by atoms with Crippen LogP contribution in [0.1, 0.15) is 5.69 Å². The average molecular weight is 182 g/mol. The zero-order valence-electron chi connectivity index (χ0n) is 6.86. The van der Waals surface area contributed by atoms with E-state index < -0.39 is 11.9 Å². The Balaban J connectivity index is 2.57. The van der Waals surface area contributed by atoms with Gasteiger partial charge in [0.05, 0.1) is 6.33 Å². The van der Waals surface area contributed by atoms with Gasteiger partial charge in [0.2, 0.25) is 12.3 Å². The van der Waals surface area contributed by atoms with E-state index >= 15 is 0 Å². The predicted molar refractivity (Wildman–Crippen MR) is 44.5 cm³/mol. The lowest BCUT2D eigenvalue weighted by Crippen LogP contribution is -2.42. The van der Waals surface area contributed by atoms with E-state index in [4.69, 9.17) is 5.73 Å². The number of aromatic amines is 1. The van der Waals surface area contributed by atoms with E-state index in [1.54, 1.807) is 6.20 Å². The van der Waals surface area contributed by atoms with E-state index in [1.165, 1.54) is 6.33 Å². The van der Waals surface area contributed by atoms with Gasteiger partial charge in [0.1, 0.15) is 6.04 Å². The molecule has 0 aromatic carbocycles. The van der Waals surface area contributed by atoms with Crippen LogP contribution in [0.5, 0.6) is 0 Å². The lowest BCUT2D eigenvalue weighted by atomic mass is 10.1. The minimum Gasteiger partial charge on any atom is -0.368 e. The molecule has 13 heavy (non-hydrogen) atoms. The highest BCUT2D eigenvalue weighted by Gasteiger charge is 2.14. The molecule has 1 heterocycles. The van der Waals surface area contributed by atoms with Crippen molar-refractivity contribution in [2.45, 2.75) is 12.5 Å². The Hall–Kier alpha value is -1.85. The van der Waals surface area contributed by atoms with Crippen molar-refractivity contribution in [1.29, 1.82) is 0 Å². The summed E-state index contributed by atoms with van der Waals surface area (Å²) >= 11 is 0. The molecule has 1 rings (SSSR count). The van der Waals surface area contributed by atoms with Gasteiger partial charge in [-0.3, -0.25) is 9.59 Å². The summed E-state index contributed by atoms with van der Waals surface area (Å²) < 4.78 is 0. The minimum absolute atomic E-state index is 0.327. The second kappa shape index (κ2) is 4.24. The smallest absolute Gasteiger partial charge is 0.240 e. The van der Waals surface area contributed by atoms with Crippen LogP contribution in [0.25, 0.3) is 0 Å². The number of nitrogens with two attached hydrogens (primary N) is 1. The van der Waals surface area contributed by atoms with Gasteiger partial charge in [-0.1, -0.05) is 0 Å². The number of H-pyrrole nitrogens is 1. The van der Waals surface area contributed by atoms with Crippen LogP contribution in [-0.2, 0) is 16.0 Å². The number of amides is 2. The molecule has 70 valence electrons. The van der Waals surface area contributed by atoms with Gasteiger partial charge in [-0.25, -0.2) is 4.98 Å². The first-order chi connectivity index (χ1) is 6.24. The number of hydrogen-bond donors (Lipinski definition) is 3. The highest BCUT2D eigenvalue weighted by Crippen LogP contribution is 1.96. The van der Waals surface area contributed by atoms with Crippen LogP contribution in [0.2, 0.25) is 0 Å². The van der Waals surface area contributed by atoms with Crippen molar-refractivity contribution in [2.24, 2.45) is 5.73 Å². The summed E-state index contributed by atoms with van der Waals surface area (Å²) in [6.07, 6.45) is 3.84. The number of nitrogens with one attached hydrogen (secondary N) is 2. The van der Waals surface area contributed by atoms with Gasteiger partial charge >= 0.3 is 0 Å². The number of rotatable bonds is 5. The SMILES string of the molecule is NC(=O)[C@H](Cc1cnc[nH]1)NC=O. The van der Waals surface area contributed by atoms with Crippen molar-refractivity contribution in [3.63, 3.8) is 0 Å². The molecule has 0 aliphatic rings. The van der Waals surface area contributed by atoms with Crippen LogP contribution >= 0.6 is 0 Å². The first kappa shape index (κ1) is 9.24. The molecule has 0 aliphatic carbocycles. The summed E-state index contributed by atoms with van der Waals surface area (Å²) in [5.74, 6) is -0.568. The molecule has 0 radical (unpaired) electrons. The maximum absolute atomic E-state index is 10.8. The quantitative estimate of drug-likeness (QED) is 0.485. The first-order valence-electron chi connectivity index (χ1n) is 3.70. The normalized spacial score (nSPS) is 12.0. The summed E-state index contributed by atoms with van der Waals surface area (Å²) in [6, 6.07) is -0.682. The molecule has 0 saturated carbocycles. The molecule has 1 atom stereocenters. The van der Waals surface area contributed by atoms with Gasteiger partial charge in [-0.15, -0.1) is 0 Å². The molecule has 0 saturated heterocycles. The fraction of sp³-hybridized carbons (Fsp3) is 0.286. The summed E-state index contributed by atoms with van der Waals surface area (Å²) in [6.45, 7) is 0. The van der Waals surface area contributed by atoms with Crippen LogP contribution in [-0.4, -0.2) is 28.3 Å². The molecule has 0 bridgehead atoms. The van der Waals surface area contributed by atoms with Crippen LogP contribution in [0.4, 0.5) is 0 Å². The van der Waals surface area contributed by atoms with Crippen molar-refractivity contribution in [2.75, 3.05) is 0 Å². The molecule has 6 nitrogen and oxygen atoms in total. The molecule has 1 aromatic rings. The van der Waals surface area contributed by atoms with Crippen LogP contribution in [0.3, 0.4) is 0 Å². The number of imidazole rings is 1. The average Bonchev–Trinajstić information content (AvgIpc) is 2.56. The molecular weight excluding hydrogens is 172 g/mol. The van der Waals surface area contributed by atoms with Crippen molar-refractivity contribution in [1.82, 2.24) is 15.3 Å². The van der Waals surface area contributed by atoms with Crippen LogP contribution < -0.4 is 11.1 Å². The fourth-order valence-corrected chi connectivity index (χ4v) is 0.940. The third-order valence-corrected chi connectivity index (χ3v) is 1.59. The number of primary amides is 1. The second-order valence-electron chi connectivity index (χ2n) is 2.52. The Morgan fingerprint density at radius 2 is 2.62 bits per heavy atom. The predicted octanol–water partition coefficient (Wildman–Crippen LogP) is -1.45. The molecule has 4 N–H and O–H groups in total. The maximum atomic E-state index is 10.8. The number of nitrogens with zero attached hydrogens (tertiary/aromatic N) is 1. The standard InChI is InChI=1S/C7H10N4O2/c8-7(13)6(11-4-12)1-5-2-9-3-10-5/h2-4,6H,1H2,(H2,8,13)(H,9,10)(H,11,12)/t6-/m0/s1. The van der Waals surface area contributed by atoms with E-state index in [1.807, 2.05) is 0 Å². The zero-order valence-corrected chi connectivity index (χ0v) is 6.86. The van der Waals surface area contributed by atoms with Crippen LogP contribution in [0.15, 0.2) is 12.5 Å². The summed E-state index contributed by atoms with van der Waals surface area (Å²) in [5, 5.41) is 2.32. The number of carbonyl (C=O) groups is 2. The molecule has 0 fully saturated rings. The maximum Gasteiger partial charge on any atom is 0.240 e. The van der Waals surface area contributed by atoms with Gasteiger partial charge in [0.15, 0.2) is 0 Å². The second-order valence-corrected chi connectivity index (χ2v) is 2.52. The minimum atomic E-state index is -0.682. The molecule has 0 unspecified atom stereocenters. The van der Waals surface area contributed by atoms with E-state index in [-0.39, 0.29) is 0 Å². The number of hydrogen-bond acceptors (Lipinski definition) is 3. The van der Waals surface area contributed by atoms with Gasteiger partial charge in [-0.05, 0) is 0 Å². The topological polar surface area (TPSA) is 101 Å². The number of carbonyl (C=O) groups excluding carboxylic acids is 2. The van der Waals surface area contributed by atoms with Gasteiger partial charge in [0.25, 0.3) is 0 Å².